The van der Waals surface area contributed by atoms with Crippen LogP contribution in [0.5, 0.6) is 0 Å². The Morgan fingerprint density at radius 1 is 1.11 bits per heavy atom. The van der Waals surface area contributed by atoms with Gasteiger partial charge in [-0.1, -0.05) is 51.0 Å². The van der Waals surface area contributed by atoms with E-state index >= 15 is 0 Å². The van der Waals surface area contributed by atoms with Gasteiger partial charge in [0.1, 0.15) is 0 Å². The van der Waals surface area contributed by atoms with E-state index in [4.69, 9.17) is 9.47 Å². The van der Waals surface area contributed by atoms with Crippen LogP contribution in [-0.2, 0) is 22.6 Å². The molecule has 1 aliphatic heterocycles. The van der Waals surface area contributed by atoms with Crippen molar-refractivity contribution in [2.24, 2.45) is 10.9 Å². The van der Waals surface area contributed by atoms with Crippen molar-refractivity contribution < 1.29 is 9.47 Å². The number of hydrogen-bond donors (Lipinski definition) is 2. The Kier molecular flexibility index (Phi) is 10.4. The first-order valence-corrected chi connectivity index (χ1v) is 10.8. The highest BCUT2D eigenvalue weighted by atomic mass is 16.5. The highest BCUT2D eigenvalue weighted by Gasteiger charge is 2.14. The second-order valence-electron chi connectivity index (χ2n) is 8.24. The van der Waals surface area contributed by atoms with Crippen molar-refractivity contribution >= 4 is 5.96 Å². The molecule has 0 radical (unpaired) electrons. The van der Waals surface area contributed by atoms with Crippen LogP contribution in [0.2, 0.25) is 0 Å². The molecule has 0 spiro atoms. The fourth-order valence-corrected chi connectivity index (χ4v) is 3.33. The molecule has 0 amide bonds. The van der Waals surface area contributed by atoms with E-state index < -0.39 is 0 Å². The van der Waals surface area contributed by atoms with Crippen LogP contribution in [0.25, 0.3) is 0 Å². The molecule has 2 N–H and O–H groups in total. The van der Waals surface area contributed by atoms with Crippen molar-refractivity contribution in [2.45, 2.75) is 78.2 Å². The first-order valence-electron chi connectivity index (χ1n) is 10.8. The van der Waals surface area contributed by atoms with E-state index in [-0.39, 0.29) is 0 Å². The Hall–Kier alpha value is -1.59. The highest BCUT2D eigenvalue weighted by Crippen LogP contribution is 2.14. The predicted molar refractivity (Wildman–Crippen MR) is 117 cm³/mol. The van der Waals surface area contributed by atoms with Gasteiger partial charge in [0.2, 0.25) is 0 Å². The molecular formula is C23H39N3O2. The average Bonchev–Trinajstić information content (AvgIpc) is 2.71. The lowest BCUT2D eigenvalue weighted by atomic mass is 10.0. The fourth-order valence-electron chi connectivity index (χ4n) is 3.33. The number of ether oxygens (including phenoxy) is 2. The smallest absolute Gasteiger partial charge is 0.191 e. The van der Waals surface area contributed by atoms with Gasteiger partial charge < -0.3 is 20.1 Å². The number of nitrogens with zero attached hydrogens (tertiary/aromatic N) is 1. The van der Waals surface area contributed by atoms with Crippen molar-refractivity contribution in [3.8, 4) is 0 Å². The highest BCUT2D eigenvalue weighted by molar-refractivity contribution is 5.79. The number of nitrogens with one attached hydrogen (secondary N) is 2. The van der Waals surface area contributed by atoms with Gasteiger partial charge in [-0.25, -0.2) is 0 Å². The minimum absolute atomic E-state index is 0.340. The van der Waals surface area contributed by atoms with Crippen LogP contribution in [0.15, 0.2) is 29.3 Å². The van der Waals surface area contributed by atoms with Crippen LogP contribution >= 0.6 is 0 Å². The van der Waals surface area contributed by atoms with E-state index in [1.807, 2.05) is 7.05 Å². The molecular weight excluding hydrogens is 350 g/mol. The van der Waals surface area contributed by atoms with Crippen molar-refractivity contribution in [3.63, 3.8) is 0 Å². The second-order valence-corrected chi connectivity index (χ2v) is 8.24. The Morgan fingerprint density at radius 2 is 1.79 bits per heavy atom. The first kappa shape index (κ1) is 22.7. The van der Waals surface area contributed by atoms with Gasteiger partial charge >= 0.3 is 0 Å². The maximum Gasteiger partial charge on any atom is 0.191 e. The van der Waals surface area contributed by atoms with Crippen LogP contribution in [-0.4, -0.2) is 38.4 Å². The molecule has 1 fully saturated rings. The largest absolute Gasteiger partial charge is 0.381 e. The lowest BCUT2D eigenvalue weighted by Crippen LogP contribution is -2.41. The molecule has 0 aromatic heterocycles. The fraction of sp³-hybridized carbons (Fsp3) is 0.696. The molecule has 1 aromatic rings. The lowest BCUT2D eigenvalue weighted by molar-refractivity contribution is -0.0390. The van der Waals surface area contributed by atoms with Crippen LogP contribution < -0.4 is 10.6 Å². The summed E-state index contributed by atoms with van der Waals surface area (Å²) >= 11 is 0. The molecule has 1 saturated heterocycles. The zero-order valence-corrected chi connectivity index (χ0v) is 18.2. The summed E-state index contributed by atoms with van der Waals surface area (Å²) in [5, 5.41) is 6.90. The third-order valence-electron chi connectivity index (χ3n) is 5.16. The zero-order valence-electron chi connectivity index (χ0n) is 18.2. The van der Waals surface area contributed by atoms with Crippen LogP contribution in [0, 0.1) is 5.92 Å². The summed E-state index contributed by atoms with van der Waals surface area (Å²) in [6.45, 7) is 9.86. The van der Waals surface area contributed by atoms with E-state index in [9.17, 15) is 0 Å². The van der Waals surface area contributed by atoms with Gasteiger partial charge in [0.05, 0.1) is 12.7 Å². The molecule has 1 atom stereocenters. The lowest BCUT2D eigenvalue weighted by Gasteiger charge is -2.22. The normalized spacial score (nSPS) is 17.0. The van der Waals surface area contributed by atoms with E-state index in [1.54, 1.807) is 0 Å². The van der Waals surface area contributed by atoms with Crippen molar-refractivity contribution in [3.05, 3.63) is 35.4 Å². The third kappa shape index (κ3) is 9.07. The molecule has 0 aliphatic carbocycles. The molecule has 1 heterocycles. The molecule has 0 bridgehead atoms. The van der Waals surface area contributed by atoms with Crippen molar-refractivity contribution in [1.82, 2.24) is 10.6 Å². The molecule has 2 rings (SSSR count). The maximum atomic E-state index is 5.99. The summed E-state index contributed by atoms with van der Waals surface area (Å²) in [5.41, 5.74) is 2.46. The number of aliphatic imine (C=N–C) groups is 1. The third-order valence-corrected chi connectivity index (χ3v) is 5.16. The Balaban J connectivity index is 1.68. The standard InChI is InChI=1S/C23H39N3O2/c1-18(2)6-5-7-19(3)26-23(24-4)25-16-20-8-10-21(11-9-20)17-28-22-12-14-27-15-13-22/h8-11,18-19,22H,5-7,12-17H2,1-4H3,(H2,24,25,26). The number of guanidine groups is 1. The van der Waals surface area contributed by atoms with E-state index in [0.29, 0.717) is 18.8 Å². The van der Waals surface area contributed by atoms with E-state index in [2.05, 4.69) is 60.7 Å². The van der Waals surface area contributed by atoms with Crippen molar-refractivity contribution in [1.29, 1.82) is 0 Å². The molecule has 1 aromatic carbocycles. The predicted octanol–water partition coefficient (Wildman–Crippen LogP) is 4.26. The van der Waals surface area contributed by atoms with Crippen LogP contribution in [0.1, 0.15) is 64.0 Å². The molecule has 5 nitrogen and oxygen atoms in total. The molecule has 1 unspecified atom stereocenters. The summed E-state index contributed by atoms with van der Waals surface area (Å²) in [6, 6.07) is 9.06. The van der Waals surface area contributed by atoms with Crippen LogP contribution in [0.4, 0.5) is 0 Å². The molecule has 0 saturated carbocycles. The Labute approximate surface area is 171 Å². The monoisotopic (exact) mass is 389 g/mol. The summed E-state index contributed by atoms with van der Waals surface area (Å²) in [6.07, 6.45) is 6.05. The van der Waals surface area contributed by atoms with Gasteiger partial charge in [-0.15, -0.1) is 0 Å². The zero-order chi connectivity index (χ0) is 20.2. The summed E-state index contributed by atoms with van der Waals surface area (Å²) < 4.78 is 11.4. The number of rotatable bonds is 10. The summed E-state index contributed by atoms with van der Waals surface area (Å²) in [4.78, 5) is 4.35. The molecule has 5 heteroatoms. The van der Waals surface area contributed by atoms with Crippen LogP contribution in [0.3, 0.4) is 0 Å². The van der Waals surface area contributed by atoms with E-state index in [1.165, 1.54) is 30.4 Å². The molecule has 158 valence electrons. The maximum absolute atomic E-state index is 5.99. The van der Waals surface area contributed by atoms with Gasteiger partial charge in [0.15, 0.2) is 5.96 Å². The molecule has 28 heavy (non-hydrogen) atoms. The first-order chi connectivity index (χ1) is 13.6. The minimum atomic E-state index is 0.340. The summed E-state index contributed by atoms with van der Waals surface area (Å²) in [7, 11) is 1.83. The van der Waals surface area contributed by atoms with Gasteiger partial charge in [-0.2, -0.15) is 0 Å². The van der Waals surface area contributed by atoms with Gasteiger partial charge in [-0.3, -0.25) is 4.99 Å². The SMILES string of the molecule is CN=C(NCc1ccc(COC2CCOCC2)cc1)NC(C)CCCC(C)C. The van der Waals surface area contributed by atoms with Crippen molar-refractivity contribution in [2.75, 3.05) is 20.3 Å². The topological polar surface area (TPSA) is 54.9 Å². The van der Waals surface area contributed by atoms with Gasteiger partial charge in [0.25, 0.3) is 0 Å². The van der Waals surface area contributed by atoms with E-state index in [0.717, 1.165) is 44.5 Å². The quantitative estimate of drug-likeness (QED) is 0.464. The Morgan fingerprint density at radius 3 is 2.43 bits per heavy atom. The second kappa shape index (κ2) is 12.8. The Bertz CT molecular complexity index is 566. The number of hydrogen-bond acceptors (Lipinski definition) is 3. The molecule has 1 aliphatic rings. The average molecular weight is 390 g/mol. The van der Waals surface area contributed by atoms with Gasteiger partial charge in [-0.05, 0) is 43.2 Å². The number of benzene rings is 1. The summed E-state index contributed by atoms with van der Waals surface area (Å²) in [5.74, 6) is 1.64. The minimum Gasteiger partial charge on any atom is -0.381 e. The van der Waals surface area contributed by atoms with Gasteiger partial charge in [0, 0.05) is 32.8 Å².